The molecule has 0 saturated carbocycles. The van der Waals surface area contributed by atoms with Crippen LogP contribution in [-0.2, 0) is 0 Å². The average molecular weight is 292 g/mol. The molecule has 5 heteroatoms. The van der Waals surface area contributed by atoms with Crippen LogP contribution in [0.25, 0.3) is 0 Å². The van der Waals surface area contributed by atoms with Crippen LogP contribution in [0.3, 0.4) is 0 Å². The molecule has 0 aliphatic rings. The minimum absolute atomic E-state index is 0.204. The van der Waals surface area contributed by atoms with Gasteiger partial charge in [0.05, 0.1) is 17.4 Å². The molecule has 1 amide bonds. The molecule has 2 aromatic rings. The van der Waals surface area contributed by atoms with E-state index in [1.807, 2.05) is 19.1 Å². The van der Waals surface area contributed by atoms with Crippen molar-refractivity contribution in [2.24, 2.45) is 0 Å². The highest BCUT2D eigenvalue weighted by Gasteiger charge is 2.06. The van der Waals surface area contributed by atoms with Gasteiger partial charge in [-0.1, -0.05) is 0 Å². The van der Waals surface area contributed by atoms with Crippen LogP contribution in [0.5, 0.6) is 0 Å². The van der Waals surface area contributed by atoms with E-state index in [0.29, 0.717) is 11.3 Å². The van der Waals surface area contributed by atoms with Crippen molar-refractivity contribution in [3.63, 3.8) is 0 Å². The fourth-order valence-corrected chi connectivity index (χ4v) is 1.65. The Kier molecular flexibility index (Phi) is 3.49. The summed E-state index contributed by atoms with van der Waals surface area (Å²) in [5.41, 5.74) is 2.08. The zero-order valence-electron chi connectivity index (χ0n) is 9.14. The van der Waals surface area contributed by atoms with Gasteiger partial charge in [0, 0.05) is 22.6 Å². The standard InChI is InChI=1S/C12H10BrN3O/c1-8-2-3-11(7-15-8)16-12(17)9-4-10(13)6-14-5-9/h2-7H,1H3,(H,16,17). The van der Waals surface area contributed by atoms with E-state index in [1.165, 1.54) is 6.20 Å². The lowest BCUT2D eigenvalue weighted by Crippen LogP contribution is -2.12. The second kappa shape index (κ2) is 5.05. The normalized spacial score (nSPS) is 10.0. The Balaban J connectivity index is 2.14. The quantitative estimate of drug-likeness (QED) is 0.926. The molecule has 0 spiro atoms. The number of nitrogens with one attached hydrogen (secondary N) is 1. The van der Waals surface area contributed by atoms with Gasteiger partial charge < -0.3 is 5.32 Å². The van der Waals surface area contributed by atoms with Crippen molar-refractivity contribution in [1.29, 1.82) is 0 Å². The van der Waals surface area contributed by atoms with Gasteiger partial charge in [-0.05, 0) is 41.1 Å². The summed E-state index contributed by atoms with van der Waals surface area (Å²) >= 11 is 3.27. The highest BCUT2D eigenvalue weighted by Crippen LogP contribution is 2.12. The molecule has 1 N–H and O–H groups in total. The van der Waals surface area contributed by atoms with E-state index in [2.05, 4.69) is 31.2 Å². The first-order chi connectivity index (χ1) is 8.15. The molecule has 0 bridgehead atoms. The Morgan fingerprint density at radius 1 is 1.29 bits per heavy atom. The zero-order chi connectivity index (χ0) is 12.3. The third-order valence-electron chi connectivity index (χ3n) is 2.14. The van der Waals surface area contributed by atoms with Crippen LogP contribution in [0.2, 0.25) is 0 Å². The number of pyridine rings is 2. The van der Waals surface area contributed by atoms with E-state index in [1.54, 1.807) is 18.5 Å². The Bertz CT molecular complexity index is 540. The third kappa shape index (κ3) is 3.10. The summed E-state index contributed by atoms with van der Waals surface area (Å²) < 4.78 is 0.771. The van der Waals surface area contributed by atoms with Crippen molar-refractivity contribution in [3.8, 4) is 0 Å². The van der Waals surface area contributed by atoms with Gasteiger partial charge in [-0.25, -0.2) is 0 Å². The number of carbonyl (C=O) groups is 1. The van der Waals surface area contributed by atoms with Gasteiger partial charge in [-0.15, -0.1) is 0 Å². The third-order valence-corrected chi connectivity index (χ3v) is 2.57. The first-order valence-electron chi connectivity index (χ1n) is 5.00. The molecule has 86 valence electrons. The number of halogens is 1. The molecule has 0 saturated heterocycles. The molecule has 4 nitrogen and oxygen atoms in total. The summed E-state index contributed by atoms with van der Waals surface area (Å²) in [6.07, 6.45) is 4.77. The second-order valence-electron chi connectivity index (χ2n) is 3.53. The van der Waals surface area contributed by atoms with Crippen LogP contribution >= 0.6 is 15.9 Å². The zero-order valence-corrected chi connectivity index (χ0v) is 10.7. The van der Waals surface area contributed by atoms with Gasteiger partial charge in [-0.2, -0.15) is 0 Å². The number of aromatic nitrogens is 2. The van der Waals surface area contributed by atoms with Gasteiger partial charge in [0.15, 0.2) is 0 Å². The number of carbonyl (C=O) groups excluding carboxylic acids is 1. The van der Waals surface area contributed by atoms with Crippen LogP contribution in [0, 0.1) is 6.92 Å². The van der Waals surface area contributed by atoms with Crippen molar-refractivity contribution in [3.05, 3.63) is 52.5 Å². The van der Waals surface area contributed by atoms with Crippen LogP contribution in [0.1, 0.15) is 16.1 Å². The summed E-state index contributed by atoms with van der Waals surface area (Å²) in [6.45, 7) is 1.89. The van der Waals surface area contributed by atoms with Crippen molar-refractivity contribution >= 4 is 27.5 Å². The molecule has 0 atom stereocenters. The molecular weight excluding hydrogens is 282 g/mol. The van der Waals surface area contributed by atoms with Gasteiger partial charge >= 0.3 is 0 Å². The largest absolute Gasteiger partial charge is 0.321 e. The summed E-state index contributed by atoms with van der Waals surface area (Å²) in [5.74, 6) is -0.204. The van der Waals surface area contributed by atoms with Gasteiger partial charge in [0.1, 0.15) is 0 Å². The minimum atomic E-state index is -0.204. The number of nitrogens with zero attached hydrogens (tertiary/aromatic N) is 2. The summed E-state index contributed by atoms with van der Waals surface area (Å²) in [7, 11) is 0. The van der Waals surface area contributed by atoms with Crippen molar-refractivity contribution < 1.29 is 4.79 Å². The SMILES string of the molecule is Cc1ccc(NC(=O)c2cncc(Br)c2)cn1. The van der Waals surface area contributed by atoms with Crippen LogP contribution < -0.4 is 5.32 Å². The first kappa shape index (κ1) is 11.7. The number of hydrogen-bond acceptors (Lipinski definition) is 3. The smallest absolute Gasteiger partial charge is 0.257 e. The maximum absolute atomic E-state index is 11.9. The number of amides is 1. The van der Waals surface area contributed by atoms with E-state index in [4.69, 9.17) is 0 Å². The minimum Gasteiger partial charge on any atom is -0.321 e. The predicted molar refractivity (Wildman–Crippen MR) is 68.9 cm³/mol. The molecule has 0 aliphatic carbocycles. The van der Waals surface area contributed by atoms with E-state index >= 15 is 0 Å². The second-order valence-corrected chi connectivity index (χ2v) is 4.45. The van der Waals surface area contributed by atoms with Crippen molar-refractivity contribution in [2.75, 3.05) is 5.32 Å². The summed E-state index contributed by atoms with van der Waals surface area (Å²) in [5, 5.41) is 2.75. The Morgan fingerprint density at radius 2 is 2.12 bits per heavy atom. The molecule has 0 aromatic carbocycles. The number of rotatable bonds is 2. The van der Waals surface area contributed by atoms with E-state index in [9.17, 15) is 4.79 Å². The molecule has 2 rings (SSSR count). The van der Waals surface area contributed by atoms with Gasteiger partial charge in [0.25, 0.3) is 5.91 Å². The lowest BCUT2D eigenvalue weighted by atomic mass is 10.2. The number of hydrogen-bond donors (Lipinski definition) is 1. The van der Waals surface area contributed by atoms with Gasteiger partial charge in [-0.3, -0.25) is 14.8 Å². The topological polar surface area (TPSA) is 54.9 Å². The van der Waals surface area contributed by atoms with Crippen molar-refractivity contribution in [2.45, 2.75) is 6.92 Å². The lowest BCUT2D eigenvalue weighted by Gasteiger charge is -2.04. The fourth-order valence-electron chi connectivity index (χ4n) is 1.28. The van der Waals surface area contributed by atoms with E-state index < -0.39 is 0 Å². The van der Waals surface area contributed by atoms with Crippen LogP contribution in [-0.4, -0.2) is 15.9 Å². The molecule has 2 aromatic heterocycles. The predicted octanol–water partition coefficient (Wildman–Crippen LogP) is 2.80. The molecular formula is C12H10BrN3O. The van der Waals surface area contributed by atoms with Gasteiger partial charge in [0.2, 0.25) is 0 Å². The fraction of sp³-hybridized carbons (Fsp3) is 0.0833. The number of anilines is 1. The number of aryl methyl sites for hydroxylation is 1. The maximum atomic E-state index is 11.9. The highest BCUT2D eigenvalue weighted by molar-refractivity contribution is 9.10. The molecule has 0 radical (unpaired) electrons. The monoisotopic (exact) mass is 291 g/mol. The summed E-state index contributed by atoms with van der Waals surface area (Å²) in [4.78, 5) is 19.9. The molecule has 2 heterocycles. The van der Waals surface area contributed by atoms with E-state index in [-0.39, 0.29) is 5.91 Å². The maximum Gasteiger partial charge on any atom is 0.257 e. The Hall–Kier alpha value is -1.75. The average Bonchev–Trinajstić information content (AvgIpc) is 2.32. The van der Waals surface area contributed by atoms with Crippen LogP contribution in [0.4, 0.5) is 5.69 Å². The van der Waals surface area contributed by atoms with Crippen LogP contribution in [0.15, 0.2) is 41.3 Å². The van der Waals surface area contributed by atoms with E-state index in [0.717, 1.165) is 10.2 Å². The first-order valence-corrected chi connectivity index (χ1v) is 5.79. The molecule has 17 heavy (non-hydrogen) atoms. The highest BCUT2D eigenvalue weighted by atomic mass is 79.9. The van der Waals surface area contributed by atoms with Crippen molar-refractivity contribution in [1.82, 2.24) is 9.97 Å². The molecule has 0 aliphatic heterocycles. The lowest BCUT2D eigenvalue weighted by molar-refractivity contribution is 0.102. The molecule has 0 unspecified atom stereocenters. The Morgan fingerprint density at radius 3 is 2.76 bits per heavy atom. The molecule has 0 fully saturated rings. The summed E-state index contributed by atoms with van der Waals surface area (Å²) in [6, 6.07) is 5.37. The Labute approximate surface area is 107 Å².